The number of hydrogen-bond acceptors (Lipinski definition) is 3. The minimum Gasteiger partial charge on any atom is -0.408 e. The molecule has 66 valence electrons. The van der Waals surface area contributed by atoms with E-state index in [1.807, 2.05) is 13.2 Å². The van der Waals surface area contributed by atoms with Gasteiger partial charge in [0.1, 0.15) is 0 Å². The smallest absolute Gasteiger partial charge is 0.233 e. The number of nitrogens with two attached hydrogens (primary N) is 1. The van der Waals surface area contributed by atoms with Crippen molar-refractivity contribution in [3.05, 3.63) is 0 Å². The van der Waals surface area contributed by atoms with Crippen LogP contribution in [0.2, 0.25) is 0 Å². The molecule has 1 atom stereocenters. The van der Waals surface area contributed by atoms with Gasteiger partial charge in [-0.2, -0.15) is 11.8 Å². The highest BCUT2D eigenvalue weighted by atomic mass is 32.2. The van der Waals surface area contributed by atoms with E-state index in [4.69, 9.17) is 10.9 Å². The van der Waals surface area contributed by atoms with Gasteiger partial charge >= 0.3 is 0 Å². The van der Waals surface area contributed by atoms with Gasteiger partial charge in [-0.3, -0.25) is 0 Å². The summed E-state index contributed by atoms with van der Waals surface area (Å²) in [6.07, 6.45) is 2.02. The Morgan fingerprint density at radius 3 is 2.73 bits per heavy atom. The summed E-state index contributed by atoms with van der Waals surface area (Å²) < 4.78 is 0. The maximum Gasteiger partial charge on any atom is 0.233 e. The van der Waals surface area contributed by atoms with Crippen LogP contribution in [0.5, 0.6) is 0 Å². The van der Waals surface area contributed by atoms with Crippen LogP contribution in [0.15, 0.2) is 5.16 Å². The summed E-state index contributed by atoms with van der Waals surface area (Å²) in [6, 6.07) is 0.292. The van der Waals surface area contributed by atoms with Crippen LogP contribution in [0.25, 0.3) is 0 Å². The number of thioether (sulfide) groups is 1. The average molecular weight is 177 g/mol. The second-order valence-corrected chi connectivity index (χ2v) is 3.28. The SMILES string of the molecule is CSCC(C)N(C)C(N)=NO. The summed E-state index contributed by atoms with van der Waals surface area (Å²) in [5.74, 6) is 1.12. The summed E-state index contributed by atoms with van der Waals surface area (Å²) in [4.78, 5) is 1.73. The highest BCUT2D eigenvalue weighted by Crippen LogP contribution is 2.02. The molecule has 0 aliphatic heterocycles. The van der Waals surface area contributed by atoms with E-state index in [2.05, 4.69) is 5.16 Å². The van der Waals surface area contributed by atoms with E-state index < -0.39 is 0 Å². The average Bonchev–Trinajstić information content (AvgIpc) is 2.02. The molecule has 0 spiro atoms. The summed E-state index contributed by atoms with van der Waals surface area (Å²) in [5.41, 5.74) is 5.36. The standard InChI is InChI=1S/C6H15N3OS/c1-5(4-11-3)9(2)6(7)8-10/h5,10H,4H2,1-3H3,(H2,7,8). The van der Waals surface area contributed by atoms with Gasteiger partial charge in [-0.05, 0) is 13.2 Å². The fourth-order valence-corrected chi connectivity index (χ4v) is 1.36. The van der Waals surface area contributed by atoms with Crippen LogP contribution in [0.1, 0.15) is 6.92 Å². The third-order valence-electron chi connectivity index (χ3n) is 1.53. The van der Waals surface area contributed by atoms with Crippen LogP contribution < -0.4 is 5.73 Å². The van der Waals surface area contributed by atoms with E-state index in [0.717, 1.165) is 5.75 Å². The first-order chi connectivity index (χ1) is 5.13. The van der Waals surface area contributed by atoms with Gasteiger partial charge in [0, 0.05) is 18.8 Å². The van der Waals surface area contributed by atoms with Gasteiger partial charge in [0.25, 0.3) is 0 Å². The third kappa shape index (κ3) is 3.36. The van der Waals surface area contributed by atoms with Crippen LogP contribution in [-0.4, -0.2) is 41.2 Å². The molecule has 0 aliphatic carbocycles. The first-order valence-electron chi connectivity index (χ1n) is 3.32. The van der Waals surface area contributed by atoms with Gasteiger partial charge in [-0.25, -0.2) is 0 Å². The zero-order valence-corrected chi connectivity index (χ0v) is 7.93. The molecule has 0 fully saturated rings. The fourth-order valence-electron chi connectivity index (χ4n) is 0.649. The highest BCUT2D eigenvalue weighted by molar-refractivity contribution is 7.98. The Hall–Kier alpha value is -0.580. The molecule has 0 rings (SSSR count). The zero-order valence-electron chi connectivity index (χ0n) is 7.11. The highest BCUT2D eigenvalue weighted by Gasteiger charge is 2.09. The predicted octanol–water partition coefficient (Wildman–Crippen LogP) is 0.374. The molecule has 0 heterocycles. The zero-order chi connectivity index (χ0) is 8.85. The van der Waals surface area contributed by atoms with Crippen LogP contribution in [0.4, 0.5) is 0 Å². The van der Waals surface area contributed by atoms with Gasteiger partial charge in [-0.1, -0.05) is 5.16 Å². The topological polar surface area (TPSA) is 61.8 Å². The lowest BCUT2D eigenvalue weighted by atomic mass is 10.3. The largest absolute Gasteiger partial charge is 0.408 e. The number of guanidine groups is 1. The summed E-state index contributed by atoms with van der Waals surface area (Å²) >= 11 is 1.73. The predicted molar refractivity (Wildman–Crippen MR) is 49.0 cm³/mol. The van der Waals surface area contributed by atoms with Crippen LogP contribution in [0, 0.1) is 0 Å². The first kappa shape index (κ1) is 10.4. The normalized spacial score (nSPS) is 14.6. The van der Waals surface area contributed by atoms with Gasteiger partial charge in [0.2, 0.25) is 5.96 Å². The molecule has 0 bridgehead atoms. The van der Waals surface area contributed by atoms with E-state index >= 15 is 0 Å². The molecule has 5 heteroatoms. The molecule has 1 unspecified atom stereocenters. The van der Waals surface area contributed by atoms with Gasteiger partial charge in [0.15, 0.2) is 0 Å². The Bertz CT molecular complexity index is 140. The van der Waals surface area contributed by atoms with Crippen LogP contribution in [0.3, 0.4) is 0 Å². The number of oxime groups is 1. The van der Waals surface area contributed by atoms with Gasteiger partial charge in [-0.15, -0.1) is 0 Å². The Kier molecular flexibility index (Phi) is 4.85. The Balaban J connectivity index is 3.91. The number of nitrogens with zero attached hydrogens (tertiary/aromatic N) is 2. The monoisotopic (exact) mass is 177 g/mol. The van der Waals surface area contributed by atoms with Crippen molar-refractivity contribution in [1.82, 2.24) is 4.90 Å². The fraction of sp³-hybridized carbons (Fsp3) is 0.833. The molecular formula is C6H15N3OS. The molecule has 4 nitrogen and oxygen atoms in total. The molecule has 0 aromatic carbocycles. The molecule has 0 aromatic heterocycles. The number of hydrogen-bond donors (Lipinski definition) is 2. The molecule has 0 saturated heterocycles. The van der Waals surface area contributed by atoms with Gasteiger partial charge < -0.3 is 15.8 Å². The van der Waals surface area contributed by atoms with E-state index in [1.54, 1.807) is 23.7 Å². The maximum absolute atomic E-state index is 8.34. The van der Waals surface area contributed by atoms with E-state index in [-0.39, 0.29) is 5.96 Å². The van der Waals surface area contributed by atoms with Crippen molar-refractivity contribution in [1.29, 1.82) is 0 Å². The summed E-state index contributed by atoms with van der Waals surface area (Å²) in [6.45, 7) is 2.02. The Morgan fingerprint density at radius 1 is 1.82 bits per heavy atom. The first-order valence-corrected chi connectivity index (χ1v) is 4.72. The lowest BCUT2D eigenvalue weighted by Gasteiger charge is -2.23. The lowest BCUT2D eigenvalue weighted by Crippen LogP contribution is -2.41. The number of rotatable bonds is 3. The van der Waals surface area contributed by atoms with Crippen molar-refractivity contribution in [3.63, 3.8) is 0 Å². The molecule has 0 saturated carbocycles. The minimum absolute atomic E-state index is 0.159. The van der Waals surface area contributed by atoms with Crippen molar-refractivity contribution in [2.75, 3.05) is 19.1 Å². The van der Waals surface area contributed by atoms with E-state index in [9.17, 15) is 0 Å². The lowest BCUT2D eigenvalue weighted by molar-refractivity contribution is 0.297. The van der Waals surface area contributed by atoms with Crippen molar-refractivity contribution in [2.24, 2.45) is 10.9 Å². The molecule has 0 aromatic rings. The van der Waals surface area contributed by atoms with Gasteiger partial charge in [0.05, 0.1) is 0 Å². The molecule has 0 aliphatic rings. The van der Waals surface area contributed by atoms with E-state index in [1.165, 1.54) is 0 Å². The molecule has 0 amide bonds. The maximum atomic E-state index is 8.34. The molecule has 0 radical (unpaired) electrons. The van der Waals surface area contributed by atoms with Crippen molar-refractivity contribution in [3.8, 4) is 0 Å². The second-order valence-electron chi connectivity index (χ2n) is 2.37. The molecule has 3 N–H and O–H groups in total. The molecular weight excluding hydrogens is 162 g/mol. The molecule has 11 heavy (non-hydrogen) atoms. The Morgan fingerprint density at radius 2 is 2.36 bits per heavy atom. The summed E-state index contributed by atoms with van der Waals surface area (Å²) in [7, 11) is 1.80. The van der Waals surface area contributed by atoms with Crippen molar-refractivity contribution in [2.45, 2.75) is 13.0 Å². The minimum atomic E-state index is 0.159. The quantitative estimate of drug-likeness (QED) is 0.283. The summed E-state index contributed by atoms with van der Waals surface area (Å²) in [5, 5.41) is 11.2. The second kappa shape index (κ2) is 5.12. The van der Waals surface area contributed by atoms with Crippen LogP contribution in [-0.2, 0) is 0 Å². The third-order valence-corrected chi connectivity index (χ3v) is 2.35. The van der Waals surface area contributed by atoms with E-state index in [0.29, 0.717) is 6.04 Å². The van der Waals surface area contributed by atoms with Crippen molar-refractivity contribution < 1.29 is 5.21 Å². The Labute approximate surface area is 71.4 Å². The van der Waals surface area contributed by atoms with Crippen LogP contribution >= 0.6 is 11.8 Å². The van der Waals surface area contributed by atoms with Crippen molar-refractivity contribution >= 4 is 17.7 Å².